The van der Waals surface area contributed by atoms with E-state index < -0.39 is 0 Å². The topological polar surface area (TPSA) is 18.5 Å². The van der Waals surface area contributed by atoms with Crippen molar-refractivity contribution in [2.24, 2.45) is 0 Å². The van der Waals surface area contributed by atoms with Gasteiger partial charge in [-0.25, -0.2) is 0 Å². The lowest BCUT2D eigenvalue weighted by Crippen LogP contribution is -2.20. The molecule has 1 atom stereocenters. The lowest BCUT2D eigenvalue weighted by atomic mass is 10.5. The fraction of sp³-hybridized carbons (Fsp3) is 1.00. The van der Waals surface area contributed by atoms with Gasteiger partial charge < -0.3 is 9.47 Å². The van der Waals surface area contributed by atoms with E-state index in [9.17, 15) is 0 Å². The maximum Gasteiger partial charge on any atom is 0.169 e. The van der Waals surface area contributed by atoms with E-state index in [1.807, 2.05) is 0 Å². The summed E-state index contributed by atoms with van der Waals surface area (Å²) in [6, 6.07) is 0. The molecule has 2 nitrogen and oxygen atoms in total. The summed E-state index contributed by atoms with van der Waals surface area (Å²) in [7, 11) is 0. The van der Waals surface area contributed by atoms with Crippen molar-refractivity contribution in [1.82, 2.24) is 0 Å². The molecule has 1 unspecified atom stereocenters. The van der Waals surface area contributed by atoms with Crippen molar-refractivity contribution in [3.63, 3.8) is 0 Å². The first kappa shape index (κ1) is 7.38. The Morgan fingerprint density at radius 1 is 1.44 bits per heavy atom. The van der Waals surface area contributed by atoms with E-state index >= 15 is 0 Å². The van der Waals surface area contributed by atoms with Crippen LogP contribution in [0.3, 0.4) is 0 Å². The normalized spacial score (nSPS) is 24.7. The molecule has 0 N–H and O–H groups in total. The SMILES string of the molecule is CSC(C)C1OCCO1. The largest absolute Gasteiger partial charge is 0.349 e. The smallest absolute Gasteiger partial charge is 0.169 e. The lowest BCUT2D eigenvalue weighted by Gasteiger charge is -2.14. The first-order valence-electron chi connectivity index (χ1n) is 3.10. The highest BCUT2D eigenvalue weighted by Gasteiger charge is 2.21. The Bertz CT molecular complexity index is 81.1. The highest BCUT2D eigenvalue weighted by atomic mass is 32.2. The molecule has 1 saturated heterocycles. The van der Waals surface area contributed by atoms with Crippen LogP contribution in [0.15, 0.2) is 0 Å². The average Bonchev–Trinajstić information content (AvgIpc) is 2.37. The Morgan fingerprint density at radius 3 is 2.44 bits per heavy atom. The number of rotatable bonds is 2. The molecule has 1 heterocycles. The summed E-state index contributed by atoms with van der Waals surface area (Å²) >= 11 is 1.77. The highest BCUT2D eigenvalue weighted by Crippen LogP contribution is 2.17. The summed E-state index contributed by atoms with van der Waals surface area (Å²) in [5.74, 6) is 0. The maximum atomic E-state index is 5.26. The van der Waals surface area contributed by atoms with Crippen molar-refractivity contribution >= 4 is 11.8 Å². The zero-order chi connectivity index (χ0) is 6.69. The van der Waals surface area contributed by atoms with Gasteiger partial charge in [-0.15, -0.1) is 0 Å². The molecular weight excluding hydrogens is 136 g/mol. The molecule has 0 aliphatic carbocycles. The minimum Gasteiger partial charge on any atom is -0.349 e. The fourth-order valence-electron chi connectivity index (χ4n) is 0.759. The standard InChI is InChI=1S/C6H12O2S/c1-5(9-2)6-7-3-4-8-6/h5-6H,3-4H2,1-2H3. The molecule has 0 aromatic heterocycles. The van der Waals surface area contributed by atoms with E-state index in [1.54, 1.807) is 11.8 Å². The molecule has 1 aliphatic heterocycles. The summed E-state index contributed by atoms with van der Waals surface area (Å²) in [6.45, 7) is 3.63. The van der Waals surface area contributed by atoms with Crippen LogP contribution < -0.4 is 0 Å². The van der Waals surface area contributed by atoms with Crippen molar-refractivity contribution in [3.8, 4) is 0 Å². The highest BCUT2D eigenvalue weighted by molar-refractivity contribution is 7.99. The number of ether oxygens (including phenoxy) is 2. The lowest BCUT2D eigenvalue weighted by molar-refractivity contribution is -0.0384. The number of hydrogen-bond donors (Lipinski definition) is 0. The Balaban J connectivity index is 2.24. The molecule has 0 saturated carbocycles. The van der Waals surface area contributed by atoms with Gasteiger partial charge in [0.25, 0.3) is 0 Å². The van der Waals surface area contributed by atoms with Crippen LogP contribution in [0.1, 0.15) is 6.92 Å². The van der Waals surface area contributed by atoms with Crippen LogP contribution in [0, 0.1) is 0 Å². The third kappa shape index (κ3) is 1.85. The Labute approximate surface area is 59.9 Å². The zero-order valence-corrected chi connectivity index (χ0v) is 6.61. The van der Waals surface area contributed by atoms with Crippen LogP contribution in [0.25, 0.3) is 0 Å². The van der Waals surface area contributed by atoms with Crippen molar-refractivity contribution in [1.29, 1.82) is 0 Å². The first-order chi connectivity index (χ1) is 4.34. The second-order valence-electron chi connectivity index (χ2n) is 2.05. The fourth-order valence-corrected chi connectivity index (χ4v) is 1.14. The van der Waals surface area contributed by atoms with Crippen molar-refractivity contribution in [2.75, 3.05) is 19.5 Å². The molecule has 0 aromatic carbocycles. The van der Waals surface area contributed by atoms with Gasteiger partial charge in [-0.05, 0) is 13.2 Å². The van der Waals surface area contributed by atoms with Gasteiger partial charge in [0.1, 0.15) is 0 Å². The molecule has 1 fully saturated rings. The minimum atomic E-state index is 0.0417. The second kappa shape index (κ2) is 3.44. The molecular formula is C6H12O2S. The van der Waals surface area contributed by atoms with Gasteiger partial charge in [0, 0.05) is 0 Å². The zero-order valence-electron chi connectivity index (χ0n) is 5.79. The molecule has 3 heteroatoms. The molecule has 0 aromatic rings. The minimum absolute atomic E-state index is 0.0417. The Morgan fingerprint density at radius 2 is 2.00 bits per heavy atom. The Hall–Kier alpha value is 0.270. The second-order valence-corrected chi connectivity index (χ2v) is 3.27. The summed E-state index contributed by atoms with van der Waals surface area (Å²) in [5.41, 5.74) is 0. The van der Waals surface area contributed by atoms with Crippen molar-refractivity contribution in [2.45, 2.75) is 18.5 Å². The Kier molecular flexibility index (Phi) is 2.82. The summed E-state index contributed by atoms with van der Waals surface area (Å²) in [4.78, 5) is 0. The summed E-state index contributed by atoms with van der Waals surface area (Å²) < 4.78 is 10.5. The van der Waals surface area contributed by atoms with E-state index in [0.717, 1.165) is 13.2 Å². The summed E-state index contributed by atoms with van der Waals surface area (Å²) in [6.07, 6.45) is 2.11. The summed E-state index contributed by atoms with van der Waals surface area (Å²) in [5, 5.41) is 0.465. The van der Waals surface area contributed by atoms with Crippen molar-refractivity contribution < 1.29 is 9.47 Å². The quantitative estimate of drug-likeness (QED) is 0.584. The van der Waals surface area contributed by atoms with Gasteiger partial charge in [0.2, 0.25) is 0 Å². The molecule has 54 valence electrons. The van der Waals surface area contributed by atoms with E-state index in [4.69, 9.17) is 9.47 Å². The van der Waals surface area contributed by atoms with Crippen LogP contribution in [-0.2, 0) is 9.47 Å². The molecule has 0 radical (unpaired) electrons. The van der Waals surface area contributed by atoms with Crippen LogP contribution in [-0.4, -0.2) is 31.0 Å². The molecule has 0 amide bonds. The van der Waals surface area contributed by atoms with Gasteiger partial charge in [0.15, 0.2) is 6.29 Å². The van der Waals surface area contributed by atoms with Crippen LogP contribution in [0.2, 0.25) is 0 Å². The van der Waals surface area contributed by atoms with Gasteiger partial charge >= 0.3 is 0 Å². The molecule has 1 rings (SSSR count). The van der Waals surface area contributed by atoms with Crippen LogP contribution in [0.4, 0.5) is 0 Å². The van der Waals surface area contributed by atoms with Gasteiger partial charge in [-0.2, -0.15) is 11.8 Å². The molecule has 9 heavy (non-hydrogen) atoms. The molecule has 1 aliphatic rings. The third-order valence-electron chi connectivity index (χ3n) is 1.40. The van der Waals surface area contributed by atoms with Crippen LogP contribution in [0.5, 0.6) is 0 Å². The molecule has 0 bridgehead atoms. The maximum absolute atomic E-state index is 5.26. The predicted molar refractivity (Wildman–Crippen MR) is 38.7 cm³/mol. The average molecular weight is 148 g/mol. The van der Waals surface area contributed by atoms with E-state index in [1.165, 1.54) is 0 Å². The predicted octanol–water partition coefficient (Wildman–Crippen LogP) is 1.11. The number of hydrogen-bond acceptors (Lipinski definition) is 3. The van der Waals surface area contributed by atoms with Crippen molar-refractivity contribution in [3.05, 3.63) is 0 Å². The van der Waals surface area contributed by atoms with E-state index in [-0.39, 0.29) is 6.29 Å². The van der Waals surface area contributed by atoms with E-state index in [0.29, 0.717) is 5.25 Å². The monoisotopic (exact) mass is 148 g/mol. The third-order valence-corrected chi connectivity index (χ3v) is 2.37. The van der Waals surface area contributed by atoms with Gasteiger partial charge in [-0.3, -0.25) is 0 Å². The van der Waals surface area contributed by atoms with Gasteiger partial charge in [-0.1, -0.05) is 0 Å². The first-order valence-corrected chi connectivity index (χ1v) is 4.39. The van der Waals surface area contributed by atoms with Crippen LogP contribution >= 0.6 is 11.8 Å². The van der Waals surface area contributed by atoms with E-state index in [2.05, 4.69) is 13.2 Å². The molecule has 0 spiro atoms. The number of thioether (sulfide) groups is 1. The van der Waals surface area contributed by atoms with Gasteiger partial charge in [0.05, 0.1) is 18.5 Å².